The Morgan fingerprint density at radius 1 is 0.973 bits per heavy atom. The number of benzene rings is 2. The molecule has 196 valence electrons. The summed E-state index contributed by atoms with van der Waals surface area (Å²) >= 11 is 5.52. The summed E-state index contributed by atoms with van der Waals surface area (Å²) in [4.78, 5) is 19.7. The lowest BCUT2D eigenvalue weighted by Crippen LogP contribution is -2.32. The van der Waals surface area contributed by atoms with Gasteiger partial charge < -0.3 is 0 Å². The summed E-state index contributed by atoms with van der Waals surface area (Å²) in [5, 5.41) is 0. The van der Waals surface area contributed by atoms with Crippen LogP contribution in [0.2, 0.25) is 0 Å². The zero-order valence-corrected chi connectivity index (χ0v) is 21.0. The summed E-state index contributed by atoms with van der Waals surface area (Å²) in [5.41, 5.74) is 0.173. The molecule has 0 aliphatic carbocycles. The number of hydrogen-bond acceptors (Lipinski definition) is 4. The van der Waals surface area contributed by atoms with Crippen LogP contribution in [0.1, 0.15) is 33.0 Å². The van der Waals surface area contributed by atoms with Crippen molar-refractivity contribution in [2.24, 2.45) is 0 Å². The van der Waals surface area contributed by atoms with Crippen LogP contribution >= 0.6 is 31.9 Å². The monoisotopic (exact) mass is 658 g/mol. The summed E-state index contributed by atoms with van der Waals surface area (Å²) in [6, 6.07) is 4.55. The van der Waals surface area contributed by atoms with Crippen LogP contribution in [0, 0.1) is 5.82 Å². The van der Waals surface area contributed by atoms with Gasteiger partial charge in [-0.25, -0.2) is 18.7 Å². The van der Waals surface area contributed by atoms with Crippen molar-refractivity contribution >= 4 is 49.5 Å². The topological polar surface area (TPSA) is 66.9 Å². The number of halogens is 10. The van der Waals surface area contributed by atoms with Gasteiger partial charge in [0.1, 0.15) is 11.7 Å². The highest BCUT2D eigenvalue weighted by Gasteiger charge is 2.41. The van der Waals surface area contributed by atoms with Crippen molar-refractivity contribution in [3.8, 4) is 0 Å². The van der Waals surface area contributed by atoms with E-state index in [-0.39, 0.29) is 27.0 Å². The van der Waals surface area contributed by atoms with E-state index in [1.165, 1.54) is 18.5 Å². The third-order valence-electron chi connectivity index (χ3n) is 4.73. The van der Waals surface area contributed by atoms with Crippen LogP contribution in [0.3, 0.4) is 0 Å². The maximum atomic E-state index is 14.9. The molecule has 5 nitrogen and oxygen atoms in total. The average molecular weight is 660 g/mol. The van der Waals surface area contributed by atoms with Gasteiger partial charge in [-0.3, -0.25) is 15.6 Å². The molecule has 1 atom stereocenters. The minimum atomic E-state index is -5.16. The number of aromatic nitrogens is 2. The van der Waals surface area contributed by atoms with Gasteiger partial charge in [0.05, 0.1) is 20.1 Å². The molecule has 1 unspecified atom stereocenters. The van der Waals surface area contributed by atoms with Gasteiger partial charge in [-0.2, -0.15) is 26.3 Å². The Kier molecular flexibility index (Phi) is 8.57. The zero-order valence-electron chi connectivity index (χ0n) is 17.9. The fraction of sp³-hybridized carbons (Fsp3) is 0.136. The Morgan fingerprint density at radius 2 is 1.57 bits per heavy atom. The van der Waals surface area contributed by atoms with E-state index < -0.39 is 58.1 Å². The van der Waals surface area contributed by atoms with Crippen LogP contribution in [0.4, 0.5) is 41.1 Å². The van der Waals surface area contributed by atoms with Crippen molar-refractivity contribution in [1.29, 1.82) is 0 Å². The number of rotatable bonds is 6. The molecular formula is C22H12Br2F8N4O. The van der Waals surface area contributed by atoms with Gasteiger partial charge in [-0.05, 0) is 73.8 Å². The van der Waals surface area contributed by atoms with E-state index in [0.717, 1.165) is 18.2 Å². The Bertz CT molecular complexity index is 1310. The van der Waals surface area contributed by atoms with Crippen LogP contribution in [-0.4, -0.2) is 22.1 Å². The van der Waals surface area contributed by atoms with Gasteiger partial charge in [0.15, 0.2) is 5.82 Å². The number of carbonyl (C=O) groups excluding carboxylic acids is 1. The molecule has 0 radical (unpaired) electrons. The number of anilines is 1. The van der Waals surface area contributed by atoms with Crippen LogP contribution in [0.25, 0.3) is 5.83 Å². The Balaban J connectivity index is 1.99. The predicted octanol–water partition coefficient (Wildman–Crippen LogP) is 7.57. The molecule has 15 heteroatoms. The summed E-state index contributed by atoms with van der Waals surface area (Å²) in [7, 11) is 0. The highest BCUT2D eigenvalue weighted by molar-refractivity contribution is 9.11. The van der Waals surface area contributed by atoms with Crippen molar-refractivity contribution in [1.82, 2.24) is 15.4 Å². The minimum absolute atomic E-state index is 0.0651. The quantitative estimate of drug-likeness (QED) is 0.163. The second-order valence-electron chi connectivity index (χ2n) is 7.24. The first-order chi connectivity index (χ1) is 17.2. The van der Waals surface area contributed by atoms with Gasteiger partial charge in [0.25, 0.3) is 5.91 Å². The largest absolute Gasteiger partial charge is 0.417 e. The van der Waals surface area contributed by atoms with E-state index in [0.29, 0.717) is 6.07 Å². The zero-order chi connectivity index (χ0) is 27.5. The summed E-state index contributed by atoms with van der Waals surface area (Å²) in [6.07, 6.45) is -7.59. The maximum absolute atomic E-state index is 14.9. The minimum Gasteiger partial charge on any atom is -0.267 e. The standard InChI is InChI=1S/C22H12Br2F8N4O/c23-15-7-11(8-16(24)18(15)26)13(21(27,28)29)9-17(25)10-2-3-12(14(6-10)22(30,31)32)19(37)35-36-20-33-4-1-5-34-20/h1-9,13H,(H,35,37)(H,33,34,36). The van der Waals surface area contributed by atoms with Crippen molar-refractivity contribution in [3.05, 3.63) is 91.9 Å². The number of alkyl halides is 6. The lowest BCUT2D eigenvalue weighted by molar-refractivity contribution is -0.140. The van der Waals surface area contributed by atoms with E-state index in [1.54, 1.807) is 0 Å². The molecule has 2 aromatic carbocycles. The van der Waals surface area contributed by atoms with Crippen molar-refractivity contribution in [2.45, 2.75) is 18.3 Å². The van der Waals surface area contributed by atoms with Crippen molar-refractivity contribution in [2.75, 3.05) is 5.43 Å². The number of allylic oxidation sites excluding steroid dienone is 1. The first-order valence-electron chi connectivity index (χ1n) is 9.82. The number of nitrogens with zero attached hydrogens (tertiary/aromatic N) is 2. The number of amides is 1. The van der Waals surface area contributed by atoms with Gasteiger partial charge in [-0.15, -0.1) is 0 Å². The molecule has 0 bridgehead atoms. The molecule has 2 N–H and O–H groups in total. The molecule has 3 aromatic rings. The van der Waals surface area contributed by atoms with Crippen LogP contribution in [0.15, 0.2) is 63.8 Å². The number of nitrogens with one attached hydrogen (secondary N) is 2. The number of hydrazine groups is 1. The first kappa shape index (κ1) is 28.5. The molecule has 0 aliphatic rings. The molecule has 1 heterocycles. The summed E-state index contributed by atoms with van der Waals surface area (Å²) in [5.74, 6) is -6.59. The van der Waals surface area contributed by atoms with E-state index in [1.807, 2.05) is 5.43 Å². The van der Waals surface area contributed by atoms with Crippen LogP contribution in [-0.2, 0) is 6.18 Å². The molecule has 1 amide bonds. The van der Waals surface area contributed by atoms with Crippen molar-refractivity contribution in [3.63, 3.8) is 0 Å². The fourth-order valence-corrected chi connectivity index (χ4v) is 4.27. The molecule has 0 saturated carbocycles. The van der Waals surface area contributed by atoms with Crippen LogP contribution < -0.4 is 10.9 Å². The molecule has 0 fully saturated rings. The third-order valence-corrected chi connectivity index (χ3v) is 5.88. The summed E-state index contributed by atoms with van der Waals surface area (Å²) < 4.78 is 110. The Hall–Kier alpha value is -3.07. The van der Waals surface area contributed by atoms with E-state index >= 15 is 0 Å². The molecule has 0 spiro atoms. The van der Waals surface area contributed by atoms with E-state index in [4.69, 9.17) is 0 Å². The van der Waals surface area contributed by atoms with Gasteiger partial charge in [-0.1, -0.05) is 6.07 Å². The van der Waals surface area contributed by atoms with E-state index in [9.17, 15) is 39.9 Å². The highest BCUT2D eigenvalue weighted by Crippen LogP contribution is 2.41. The van der Waals surface area contributed by atoms with Crippen molar-refractivity contribution < 1.29 is 39.9 Å². The second kappa shape index (κ2) is 11.1. The van der Waals surface area contributed by atoms with Gasteiger partial charge in [0.2, 0.25) is 5.95 Å². The lowest BCUT2D eigenvalue weighted by atomic mass is 9.95. The molecule has 37 heavy (non-hydrogen) atoms. The predicted molar refractivity (Wildman–Crippen MR) is 124 cm³/mol. The third kappa shape index (κ3) is 7.03. The SMILES string of the molecule is O=C(NNc1ncccn1)c1ccc(C(F)=CC(c2cc(Br)c(F)c(Br)c2)C(F)(F)F)cc1C(F)(F)F. The lowest BCUT2D eigenvalue weighted by Gasteiger charge is -2.19. The smallest absolute Gasteiger partial charge is 0.267 e. The second-order valence-corrected chi connectivity index (χ2v) is 8.95. The highest BCUT2D eigenvalue weighted by atomic mass is 79.9. The molecule has 0 aliphatic heterocycles. The van der Waals surface area contributed by atoms with Gasteiger partial charge >= 0.3 is 12.4 Å². The Morgan fingerprint density at radius 3 is 2.11 bits per heavy atom. The molecular weight excluding hydrogens is 648 g/mol. The fourth-order valence-electron chi connectivity index (χ4n) is 3.05. The van der Waals surface area contributed by atoms with Crippen LogP contribution in [0.5, 0.6) is 0 Å². The maximum Gasteiger partial charge on any atom is 0.417 e. The number of carbonyl (C=O) groups is 1. The van der Waals surface area contributed by atoms with E-state index in [2.05, 4.69) is 47.3 Å². The number of hydrogen-bond donors (Lipinski definition) is 2. The Labute approximate surface area is 220 Å². The first-order valence-corrected chi connectivity index (χ1v) is 11.4. The molecule has 0 saturated heterocycles. The normalized spacial score (nSPS) is 13.3. The van der Waals surface area contributed by atoms with Gasteiger partial charge in [0, 0.05) is 18.0 Å². The molecule has 1 aromatic heterocycles. The average Bonchev–Trinajstić information content (AvgIpc) is 2.83. The molecule has 3 rings (SSSR count). The summed E-state index contributed by atoms with van der Waals surface area (Å²) in [6.45, 7) is 0.